The molecule has 4 aliphatic carbocycles. The summed E-state index contributed by atoms with van der Waals surface area (Å²) < 4.78 is 87.2. The van der Waals surface area contributed by atoms with E-state index in [1.807, 2.05) is 0 Å². The lowest BCUT2D eigenvalue weighted by atomic mass is 9.53. The van der Waals surface area contributed by atoms with Gasteiger partial charge in [0.15, 0.2) is 0 Å². The first-order chi connectivity index (χ1) is 14.6. The Kier molecular flexibility index (Phi) is 5.79. The monoisotopic (exact) mass is 506 g/mol. The van der Waals surface area contributed by atoms with E-state index in [0.717, 1.165) is 26.7 Å². The Hall–Kier alpha value is -0.780. The van der Waals surface area contributed by atoms with Crippen molar-refractivity contribution in [3.8, 4) is 0 Å². The molecule has 0 amide bonds. The van der Waals surface area contributed by atoms with Crippen molar-refractivity contribution in [2.24, 2.45) is 17.8 Å². The summed E-state index contributed by atoms with van der Waals surface area (Å²) in [6, 6.07) is 0. The molecule has 32 heavy (non-hydrogen) atoms. The van der Waals surface area contributed by atoms with Crippen molar-refractivity contribution in [3.63, 3.8) is 0 Å². The zero-order valence-electron chi connectivity index (χ0n) is 17.5. The fourth-order valence-corrected chi connectivity index (χ4v) is 9.87. The first kappa shape index (κ1) is 24.3. The van der Waals surface area contributed by atoms with Crippen molar-refractivity contribution in [1.82, 2.24) is 0 Å². The summed E-state index contributed by atoms with van der Waals surface area (Å²) in [5.41, 5.74) is -2.80. The summed E-state index contributed by atoms with van der Waals surface area (Å²) in [5.74, 6) is -7.93. The van der Waals surface area contributed by atoms with Crippen molar-refractivity contribution in [3.05, 3.63) is 0 Å². The highest BCUT2D eigenvalue weighted by atomic mass is 32.2. The quantitative estimate of drug-likeness (QED) is 0.380. The Bertz CT molecular complexity index is 780. The van der Waals surface area contributed by atoms with Crippen LogP contribution in [-0.2, 0) is 19.1 Å². The highest BCUT2D eigenvalue weighted by Crippen LogP contribution is 2.71. The van der Waals surface area contributed by atoms with Crippen LogP contribution >= 0.6 is 23.5 Å². The highest BCUT2D eigenvalue weighted by molar-refractivity contribution is 8.21. The van der Waals surface area contributed by atoms with E-state index in [2.05, 4.69) is 4.74 Å². The van der Waals surface area contributed by atoms with Crippen LogP contribution in [-0.4, -0.2) is 57.0 Å². The number of alkyl halides is 6. The van der Waals surface area contributed by atoms with E-state index >= 15 is 0 Å². The van der Waals surface area contributed by atoms with Gasteiger partial charge in [-0.25, -0.2) is 14.0 Å². The number of hydrogen-bond acceptors (Lipinski definition) is 6. The maximum atomic E-state index is 14.1. The number of ether oxygens (including phenoxy) is 2. The van der Waals surface area contributed by atoms with Gasteiger partial charge in [0.05, 0.1) is 4.08 Å². The lowest BCUT2D eigenvalue weighted by molar-refractivity contribution is -0.280. The molecule has 5 fully saturated rings. The van der Waals surface area contributed by atoms with Gasteiger partial charge in [-0.05, 0) is 63.7 Å². The molecule has 4 nitrogen and oxygen atoms in total. The van der Waals surface area contributed by atoms with Crippen molar-refractivity contribution in [2.75, 3.05) is 12.4 Å². The summed E-state index contributed by atoms with van der Waals surface area (Å²) in [4.78, 5) is 23.5. The Morgan fingerprint density at radius 2 is 1.56 bits per heavy atom. The number of carbonyl (C=O) groups excluding carboxylic acids is 2. The molecule has 1 saturated heterocycles. The van der Waals surface area contributed by atoms with E-state index in [4.69, 9.17) is 4.74 Å². The van der Waals surface area contributed by atoms with E-state index in [1.54, 1.807) is 11.8 Å². The molecule has 0 radical (unpaired) electrons. The van der Waals surface area contributed by atoms with Crippen molar-refractivity contribution < 1.29 is 45.4 Å². The Labute approximate surface area is 189 Å². The van der Waals surface area contributed by atoms with Crippen LogP contribution in [0.5, 0.6) is 0 Å². The Morgan fingerprint density at radius 3 is 2.09 bits per heavy atom. The third-order valence-corrected chi connectivity index (χ3v) is 11.1. The SMILES string of the molecule is CC(C)(F)C(=O)OC12CC3CC(C1)C1(SCC(COC(=O)C(F)(F)C(F)(F)F)S1)C(C3)C2. The van der Waals surface area contributed by atoms with E-state index in [-0.39, 0.29) is 15.9 Å². The third kappa shape index (κ3) is 4.01. The van der Waals surface area contributed by atoms with Crippen LogP contribution in [0.2, 0.25) is 0 Å². The van der Waals surface area contributed by atoms with Gasteiger partial charge in [0, 0.05) is 11.0 Å². The van der Waals surface area contributed by atoms with Gasteiger partial charge in [0.1, 0.15) is 12.2 Å². The second-order valence-corrected chi connectivity index (χ2v) is 13.0. The zero-order valence-corrected chi connectivity index (χ0v) is 19.1. The average Bonchev–Trinajstić information content (AvgIpc) is 3.07. The molecule has 0 aromatic carbocycles. The number of carbonyl (C=O) groups is 2. The predicted molar refractivity (Wildman–Crippen MR) is 106 cm³/mol. The minimum Gasteiger partial charge on any atom is -0.460 e. The summed E-state index contributed by atoms with van der Waals surface area (Å²) >= 11 is 3.10. The molecule has 5 rings (SSSR count). The maximum absolute atomic E-state index is 14.1. The number of thioether (sulfide) groups is 2. The van der Waals surface area contributed by atoms with Crippen LogP contribution in [0.4, 0.5) is 26.3 Å². The molecule has 0 aromatic heterocycles. The molecular formula is C20H24F6O4S2. The van der Waals surface area contributed by atoms with Crippen molar-refractivity contribution >= 4 is 35.5 Å². The van der Waals surface area contributed by atoms with E-state index < -0.39 is 47.2 Å². The first-order valence-electron chi connectivity index (χ1n) is 10.4. The largest absolute Gasteiger partial charge is 0.465 e. The second kappa shape index (κ2) is 7.61. The first-order valence-corrected chi connectivity index (χ1v) is 12.3. The number of rotatable bonds is 5. The van der Waals surface area contributed by atoms with Crippen molar-refractivity contribution in [2.45, 2.75) is 78.6 Å². The van der Waals surface area contributed by atoms with Gasteiger partial charge < -0.3 is 9.47 Å². The van der Waals surface area contributed by atoms with Crippen LogP contribution in [0, 0.1) is 17.8 Å². The highest BCUT2D eigenvalue weighted by Gasteiger charge is 2.67. The minimum absolute atomic E-state index is 0.136. The molecular weight excluding hydrogens is 482 g/mol. The molecule has 12 heteroatoms. The maximum Gasteiger partial charge on any atom is 0.465 e. The van der Waals surface area contributed by atoms with Gasteiger partial charge in [-0.15, -0.1) is 23.5 Å². The Balaban J connectivity index is 1.41. The number of hydrogen-bond donors (Lipinski definition) is 0. The minimum atomic E-state index is -6.00. The lowest BCUT2D eigenvalue weighted by Gasteiger charge is -2.63. The molecule has 4 saturated carbocycles. The molecule has 5 aliphatic rings. The van der Waals surface area contributed by atoms with E-state index in [1.165, 1.54) is 11.8 Å². The number of esters is 2. The van der Waals surface area contributed by atoms with E-state index in [9.17, 15) is 35.9 Å². The molecule has 182 valence electrons. The number of halogens is 6. The fraction of sp³-hybridized carbons (Fsp3) is 0.900. The van der Waals surface area contributed by atoms with Gasteiger partial charge in [-0.3, -0.25) is 0 Å². The molecule has 0 aromatic rings. The van der Waals surface area contributed by atoms with Gasteiger partial charge in [-0.1, -0.05) is 0 Å². The van der Waals surface area contributed by atoms with Crippen LogP contribution in [0.1, 0.15) is 46.0 Å². The zero-order chi connectivity index (χ0) is 23.7. The van der Waals surface area contributed by atoms with Gasteiger partial charge >= 0.3 is 24.0 Å². The van der Waals surface area contributed by atoms with Gasteiger partial charge in [0.25, 0.3) is 0 Å². The summed E-state index contributed by atoms with van der Waals surface area (Å²) in [6.07, 6.45) is -2.37. The van der Waals surface area contributed by atoms with Crippen LogP contribution in [0.15, 0.2) is 0 Å². The summed E-state index contributed by atoms with van der Waals surface area (Å²) in [6.45, 7) is 1.80. The lowest BCUT2D eigenvalue weighted by Crippen LogP contribution is -2.62. The van der Waals surface area contributed by atoms with Crippen LogP contribution < -0.4 is 0 Å². The normalized spacial score (nSPS) is 38.9. The second-order valence-electron chi connectivity index (χ2n) is 9.83. The molecule has 1 spiro atoms. The van der Waals surface area contributed by atoms with Crippen molar-refractivity contribution in [1.29, 1.82) is 0 Å². The third-order valence-electron chi connectivity index (χ3n) is 6.92. The van der Waals surface area contributed by atoms with Crippen LogP contribution in [0.3, 0.4) is 0 Å². The standard InChI is InChI=1S/C20H24F6O4S2/c1-16(2,21)14(27)30-17-5-10-3-11(6-17)18(12(4-10)7-17)31-9-13(32-18)8-29-15(28)19(22,23)20(24,25)26/h10-13H,3-9H2,1-2H3. The molecule has 4 bridgehead atoms. The predicted octanol–water partition coefficient (Wildman–Crippen LogP) is 5.14. The van der Waals surface area contributed by atoms with Crippen LogP contribution in [0.25, 0.3) is 0 Å². The molecule has 0 N–H and O–H groups in total. The van der Waals surface area contributed by atoms with E-state index in [0.29, 0.717) is 30.9 Å². The molecule has 1 heterocycles. The van der Waals surface area contributed by atoms with Gasteiger partial charge in [-0.2, -0.15) is 22.0 Å². The molecule has 3 unspecified atom stereocenters. The smallest absolute Gasteiger partial charge is 0.460 e. The van der Waals surface area contributed by atoms with Gasteiger partial charge in [0.2, 0.25) is 5.67 Å². The average molecular weight is 507 g/mol. The fourth-order valence-electron chi connectivity index (χ4n) is 5.73. The topological polar surface area (TPSA) is 52.6 Å². The summed E-state index contributed by atoms with van der Waals surface area (Å²) in [5, 5.41) is -0.409. The molecule has 3 atom stereocenters. The molecule has 1 aliphatic heterocycles. The summed E-state index contributed by atoms with van der Waals surface area (Å²) in [7, 11) is 0. The Morgan fingerprint density at radius 1 is 0.969 bits per heavy atom.